The number of anilines is 1. The number of carbonyl (C=O) groups excluding carboxylic acids is 1. The van der Waals surface area contributed by atoms with E-state index in [-0.39, 0.29) is 5.97 Å². The molecular formula is C11H16N2O2. The van der Waals surface area contributed by atoms with Crippen LogP contribution < -0.4 is 5.73 Å². The van der Waals surface area contributed by atoms with Crippen molar-refractivity contribution in [3.63, 3.8) is 0 Å². The highest BCUT2D eigenvalue weighted by molar-refractivity contribution is 5.69. The number of hydrogen-bond donors (Lipinski definition) is 1. The SMILES string of the molecule is CCOC(=O)CCc1ncc(C)cc1N. The van der Waals surface area contributed by atoms with Gasteiger partial charge in [-0.25, -0.2) is 0 Å². The summed E-state index contributed by atoms with van der Waals surface area (Å²) < 4.78 is 4.82. The lowest BCUT2D eigenvalue weighted by molar-refractivity contribution is -0.143. The molecule has 0 aliphatic heterocycles. The molecule has 2 N–H and O–H groups in total. The minimum Gasteiger partial charge on any atom is -0.466 e. The van der Waals surface area contributed by atoms with Crippen LogP contribution in [-0.4, -0.2) is 17.6 Å². The number of pyridine rings is 1. The van der Waals surface area contributed by atoms with Crippen molar-refractivity contribution >= 4 is 11.7 Å². The molecule has 0 saturated heterocycles. The molecule has 0 unspecified atom stereocenters. The molecule has 0 fully saturated rings. The van der Waals surface area contributed by atoms with Gasteiger partial charge in [0.05, 0.1) is 24.4 Å². The number of aromatic nitrogens is 1. The van der Waals surface area contributed by atoms with Crippen molar-refractivity contribution < 1.29 is 9.53 Å². The van der Waals surface area contributed by atoms with Crippen LogP contribution >= 0.6 is 0 Å². The normalized spacial score (nSPS) is 10.0. The van der Waals surface area contributed by atoms with E-state index in [0.717, 1.165) is 11.3 Å². The van der Waals surface area contributed by atoms with Crippen molar-refractivity contribution in [1.29, 1.82) is 0 Å². The molecule has 0 radical (unpaired) electrons. The van der Waals surface area contributed by atoms with Gasteiger partial charge in [-0.2, -0.15) is 0 Å². The molecule has 82 valence electrons. The molecule has 1 aromatic rings. The van der Waals surface area contributed by atoms with Gasteiger partial charge in [0, 0.05) is 12.6 Å². The Kier molecular flexibility index (Phi) is 4.09. The van der Waals surface area contributed by atoms with Crippen molar-refractivity contribution in [3.05, 3.63) is 23.5 Å². The van der Waals surface area contributed by atoms with E-state index >= 15 is 0 Å². The Morgan fingerprint density at radius 2 is 2.33 bits per heavy atom. The summed E-state index contributed by atoms with van der Waals surface area (Å²) >= 11 is 0. The fourth-order valence-electron chi connectivity index (χ4n) is 1.28. The van der Waals surface area contributed by atoms with Gasteiger partial charge in [0.15, 0.2) is 0 Å². The number of esters is 1. The van der Waals surface area contributed by atoms with E-state index in [1.807, 2.05) is 13.0 Å². The van der Waals surface area contributed by atoms with Gasteiger partial charge in [-0.3, -0.25) is 9.78 Å². The minimum absolute atomic E-state index is 0.209. The summed E-state index contributed by atoms with van der Waals surface area (Å²) in [5.74, 6) is -0.209. The number of carbonyl (C=O) groups is 1. The number of nitrogen functional groups attached to an aromatic ring is 1. The summed E-state index contributed by atoms with van der Waals surface area (Å²) in [6, 6.07) is 1.85. The van der Waals surface area contributed by atoms with Crippen molar-refractivity contribution in [2.24, 2.45) is 0 Å². The summed E-state index contributed by atoms with van der Waals surface area (Å²) in [5, 5.41) is 0. The summed E-state index contributed by atoms with van der Waals surface area (Å²) in [6.07, 6.45) is 2.61. The average molecular weight is 208 g/mol. The number of nitrogens with zero attached hydrogens (tertiary/aromatic N) is 1. The van der Waals surface area contributed by atoms with E-state index in [0.29, 0.717) is 25.1 Å². The summed E-state index contributed by atoms with van der Waals surface area (Å²) in [7, 11) is 0. The molecule has 4 heteroatoms. The lowest BCUT2D eigenvalue weighted by atomic mass is 10.1. The summed E-state index contributed by atoms with van der Waals surface area (Å²) in [6.45, 7) is 4.13. The highest BCUT2D eigenvalue weighted by atomic mass is 16.5. The molecular weight excluding hydrogens is 192 g/mol. The molecule has 1 aromatic heterocycles. The van der Waals surface area contributed by atoms with Crippen LogP contribution in [0.5, 0.6) is 0 Å². The smallest absolute Gasteiger partial charge is 0.306 e. The van der Waals surface area contributed by atoms with Gasteiger partial charge >= 0.3 is 5.97 Å². The quantitative estimate of drug-likeness (QED) is 0.761. The molecule has 0 aliphatic carbocycles. The molecule has 1 heterocycles. The van der Waals surface area contributed by atoms with Crippen LogP contribution in [0.4, 0.5) is 5.69 Å². The molecule has 0 atom stereocenters. The number of aryl methyl sites for hydroxylation is 2. The van der Waals surface area contributed by atoms with E-state index in [1.54, 1.807) is 13.1 Å². The van der Waals surface area contributed by atoms with Crippen LogP contribution in [-0.2, 0) is 16.0 Å². The molecule has 0 spiro atoms. The monoisotopic (exact) mass is 208 g/mol. The first-order valence-corrected chi connectivity index (χ1v) is 5.00. The molecule has 0 aliphatic rings. The molecule has 15 heavy (non-hydrogen) atoms. The van der Waals surface area contributed by atoms with Gasteiger partial charge in [-0.05, 0) is 25.5 Å². The zero-order valence-corrected chi connectivity index (χ0v) is 9.12. The Balaban J connectivity index is 2.54. The zero-order chi connectivity index (χ0) is 11.3. The second kappa shape index (κ2) is 5.34. The van der Waals surface area contributed by atoms with Crippen LogP contribution in [0.3, 0.4) is 0 Å². The van der Waals surface area contributed by atoms with E-state index in [4.69, 9.17) is 10.5 Å². The van der Waals surface area contributed by atoms with Crippen molar-refractivity contribution in [1.82, 2.24) is 4.98 Å². The molecule has 0 bridgehead atoms. The van der Waals surface area contributed by atoms with Crippen LogP contribution in [0.15, 0.2) is 12.3 Å². The van der Waals surface area contributed by atoms with Gasteiger partial charge in [0.1, 0.15) is 0 Å². The molecule has 0 aromatic carbocycles. The predicted octanol–water partition coefficient (Wildman–Crippen LogP) is 1.47. The third-order valence-electron chi connectivity index (χ3n) is 2.01. The summed E-state index contributed by atoms with van der Waals surface area (Å²) in [5.41, 5.74) is 8.18. The van der Waals surface area contributed by atoms with Crippen LogP contribution in [0.25, 0.3) is 0 Å². The number of hydrogen-bond acceptors (Lipinski definition) is 4. The van der Waals surface area contributed by atoms with Gasteiger partial charge in [0.2, 0.25) is 0 Å². The van der Waals surface area contributed by atoms with E-state index in [9.17, 15) is 4.79 Å². The molecule has 4 nitrogen and oxygen atoms in total. The highest BCUT2D eigenvalue weighted by Crippen LogP contribution is 2.12. The Bertz CT molecular complexity index is 350. The van der Waals surface area contributed by atoms with E-state index in [2.05, 4.69) is 4.98 Å². The highest BCUT2D eigenvalue weighted by Gasteiger charge is 2.06. The predicted molar refractivity (Wildman–Crippen MR) is 58.3 cm³/mol. The lowest BCUT2D eigenvalue weighted by Crippen LogP contribution is -2.07. The van der Waals surface area contributed by atoms with Crippen molar-refractivity contribution in [2.45, 2.75) is 26.7 Å². The van der Waals surface area contributed by atoms with E-state index < -0.39 is 0 Å². The van der Waals surface area contributed by atoms with Gasteiger partial charge in [-0.1, -0.05) is 0 Å². The Labute approximate surface area is 89.5 Å². The maximum Gasteiger partial charge on any atom is 0.306 e. The Hall–Kier alpha value is -1.58. The summed E-state index contributed by atoms with van der Waals surface area (Å²) in [4.78, 5) is 15.3. The Morgan fingerprint density at radius 3 is 2.93 bits per heavy atom. The number of rotatable bonds is 4. The van der Waals surface area contributed by atoms with E-state index in [1.165, 1.54) is 0 Å². The second-order valence-corrected chi connectivity index (χ2v) is 3.35. The maximum absolute atomic E-state index is 11.1. The minimum atomic E-state index is -0.209. The first-order chi connectivity index (χ1) is 7.13. The van der Waals surface area contributed by atoms with Gasteiger partial charge in [0.25, 0.3) is 0 Å². The topological polar surface area (TPSA) is 65.2 Å². The first-order valence-electron chi connectivity index (χ1n) is 5.00. The fourth-order valence-corrected chi connectivity index (χ4v) is 1.28. The zero-order valence-electron chi connectivity index (χ0n) is 9.12. The Morgan fingerprint density at radius 1 is 1.60 bits per heavy atom. The third-order valence-corrected chi connectivity index (χ3v) is 2.01. The van der Waals surface area contributed by atoms with Crippen LogP contribution in [0, 0.1) is 6.92 Å². The maximum atomic E-state index is 11.1. The number of nitrogens with two attached hydrogens (primary N) is 1. The van der Waals surface area contributed by atoms with Crippen LogP contribution in [0.1, 0.15) is 24.6 Å². The largest absolute Gasteiger partial charge is 0.466 e. The standard InChI is InChI=1S/C11H16N2O2/c1-3-15-11(14)5-4-10-9(12)6-8(2)7-13-10/h6-7H,3-5,12H2,1-2H3. The van der Waals surface area contributed by atoms with Crippen molar-refractivity contribution in [3.8, 4) is 0 Å². The second-order valence-electron chi connectivity index (χ2n) is 3.35. The molecule has 0 amide bonds. The number of ether oxygens (including phenoxy) is 1. The lowest BCUT2D eigenvalue weighted by Gasteiger charge is -2.05. The third kappa shape index (κ3) is 3.58. The van der Waals surface area contributed by atoms with Crippen molar-refractivity contribution in [2.75, 3.05) is 12.3 Å². The fraction of sp³-hybridized carbons (Fsp3) is 0.455. The van der Waals surface area contributed by atoms with Gasteiger partial charge < -0.3 is 10.5 Å². The van der Waals surface area contributed by atoms with Gasteiger partial charge in [-0.15, -0.1) is 0 Å². The molecule has 0 saturated carbocycles. The van der Waals surface area contributed by atoms with Crippen LogP contribution in [0.2, 0.25) is 0 Å². The molecule has 1 rings (SSSR count). The first kappa shape index (κ1) is 11.5. The average Bonchev–Trinajstić information content (AvgIpc) is 2.17.